The largest absolute Gasteiger partial charge is 0.322 e. The van der Waals surface area contributed by atoms with Gasteiger partial charge in [0.1, 0.15) is 5.01 Å². The maximum absolute atomic E-state index is 5.92. The first-order valence-corrected chi connectivity index (χ1v) is 7.54. The van der Waals surface area contributed by atoms with Crippen LogP contribution in [0.15, 0.2) is 30.3 Å². The molecule has 0 fully saturated rings. The Kier molecular flexibility index (Phi) is 3.64. The number of nitrogens with zero attached hydrogens (tertiary/aromatic N) is 2. The van der Waals surface area contributed by atoms with E-state index in [2.05, 4.69) is 40.2 Å². The van der Waals surface area contributed by atoms with E-state index >= 15 is 0 Å². The predicted molar refractivity (Wildman–Crippen MR) is 79.0 cm³/mol. The quantitative estimate of drug-likeness (QED) is 0.935. The molecule has 0 radical (unpaired) electrons. The summed E-state index contributed by atoms with van der Waals surface area (Å²) >= 11 is 1.78. The summed E-state index contributed by atoms with van der Waals surface area (Å²) in [4.78, 5) is 8.54. The average Bonchev–Trinajstić information content (AvgIpc) is 2.83. The van der Waals surface area contributed by atoms with Crippen LogP contribution in [0.25, 0.3) is 0 Å². The summed E-state index contributed by atoms with van der Waals surface area (Å²) in [5, 5.41) is 1.08. The smallest absolute Gasteiger partial charge is 0.110 e. The van der Waals surface area contributed by atoms with Gasteiger partial charge in [0.2, 0.25) is 0 Å². The molecule has 1 aromatic carbocycles. The second-order valence-corrected chi connectivity index (χ2v) is 6.27. The lowest BCUT2D eigenvalue weighted by molar-refractivity contribution is 0.247. The van der Waals surface area contributed by atoms with Gasteiger partial charge >= 0.3 is 0 Å². The number of aromatic nitrogens is 1. The Bertz CT molecular complexity index is 548. The molecular formula is C15H19N3S. The fraction of sp³-hybridized carbons (Fsp3) is 0.400. The van der Waals surface area contributed by atoms with E-state index in [1.165, 1.54) is 16.1 Å². The van der Waals surface area contributed by atoms with Crippen molar-refractivity contribution < 1.29 is 0 Å². The zero-order chi connectivity index (χ0) is 13.2. The molecule has 4 heteroatoms. The van der Waals surface area contributed by atoms with E-state index in [0.29, 0.717) is 0 Å². The van der Waals surface area contributed by atoms with Gasteiger partial charge in [0.15, 0.2) is 0 Å². The second kappa shape index (κ2) is 5.41. The SMILES string of the molecule is CC(N)c1nc2c(s1)CN(Cc1ccccc1)CC2. The number of rotatable bonds is 3. The van der Waals surface area contributed by atoms with Crippen molar-refractivity contribution in [3.8, 4) is 0 Å². The lowest BCUT2D eigenvalue weighted by Gasteiger charge is -2.25. The summed E-state index contributed by atoms with van der Waals surface area (Å²) in [5.74, 6) is 0. The molecule has 0 amide bonds. The van der Waals surface area contributed by atoms with Gasteiger partial charge in [-0.2, -0.15) is 0 Å². The van der Waals surface area contributed by atoms with Crippen molar-refractivity contribution in [3.63, 3.8) is 0 Å². The van der Waals surface area contributed by atoms with Gasteiger partial charge in [-0.15, -0.1) is 11.3 Å². The molecule has 3 nitrogen and oxygen atoms in total. The number of hydrogen-bond acceptors (Lipinski definition) is 4. The Morgan fingerprint density at radius 3 is 2.89 bits per heavy atom. The van der Waals surface area contributed by atoms with E-state index in [4.69, 9.17) is 5.73 Å². The number of thiazole rings is 1. The Hall–Kier alpha value is -1.23. The van der Waals surface area contributed by atoms with E-state index < -0.39 is 0 Å². The third kappa shape index (κ3) is 2.86. The molecule has 0 bridgehead atoms. The van der Waals surface area contributed by atoms with Gasteiger partial charge in [0.05, 0.1) is 11.7 Å². The van der Waals surface area contributed by atoms with Crippen molar-refractivity contribution >= 4 is 11.3 Å². The summed E-state index contributed by atoms with van der Waals surface area (Å²) in [6, 6.07) is 10.7. The van der Waals surface area contributed by atoms with Crippen molar-refractivity contribution in [2.24, 2.45) is 5.73 Å². The number of hydrogen-bond donors (Lipinski definition) is 1. The van der Waals surface area contributed by atoms with Gasteiger partial charge in [0, 0.05) is 30.9 Å². The second-order valence-electron chi connectivity index (χ2n) is 5.16. The number of nitrogens with two attached hydrogens (primary N) is 1. The molecule has 100 valence electrons. The topological polar surface area (TPSA) is 42.1 Å². The molecule has 2 N–H and O–H groups in total. The van der Waals surface area contributed by atoms with E-state index in [-0.39, 0.29) is 6.04 Å². The predicted octanol–water partition coefficient (Wildman–Crippen LogP) is 2.72. The average molecular weight is 273 g/mol. The molecule has 1 aliphatic rings. The Balaban J connectivity index is 1.71. The minimum absolute atomic E-state index is 0.0539. The van der Waals surface area contributed by atoms with Gasteiger partial charge in [-0.05, 0) is 12.5 Å². The minimum Gasteiger partial charge on any atom is -0.322 e. The standard InChI is InChI=1S/C15H19N3S/c1-11(16)15-17-13-7-8-18(10-14(13)19-15)9-12-5-3-2-4-6-12/h2-6,11H,7-10,16H2,1H3. The zero-order valence-corrected chi connectivity index (χ0v) is 12.0. The van der Waals surface area contributed by atoms with Crippen molar-refractivity contribution in [2.45, 2.75) is 32.5 Å². The van der Waals surface area contributed by atoms with Crippen LogP contribution in [0.4, 0.5) is 0 Å². The first kappa shape index (κ1) is 12.8. The van der Waals surface area contributed by atoms with Crippen molar-refractivity contribution in [1.82, 2.24) is 9.88 Å². The molecule has 19 heavy (non-hydrogen) atoms. The summed E-state index contributed by atoms with van der Waals surface area (Å²) in [5.41, 5.74) is 8.56. The number of fused-ring (bicyclic) bond motifs is 1. The van der Waals surface area contributed by atoms with Gasteiger partial charge in [0.25, 0.3) is 0 Å². The Labute approximate surface area is 118 Å². The van der Waals surface area contributed by atoms with Crippen molar-refractivity contribution in [2.75, 3.05) is 6.54 Å². The van der Waals surface area contributed by atoms with Gasteiger partial charge in [-0.25, -0.2) is 4.98 Å². The monoisotopic (exact) mass is 273 g/mol. The Morgan fingerprint density at radius 2 is 2.16 bits per heavy atom. The fourth-order valence-electron chi connectivity index (χ4n) is 2.44. The fourth-order valence-corrected chi connectivity index (χ4v) is 3.55. The third-order valence-corrected chi connectivity index (χ3v) is 4.75. The van der Waals surface area contributed by atoms with Gasteiger partial charge in [-0.1, -0.05) is 30.3 Å². The van der Waals surface area contributed by atoms with Crippen LogP contribution in [0.2, 0.25) is 0 Å². The Morgan fingerprint density at radius 1 is 1.37 bits per heavy atom. The molecule has 0 spiro atoms. The normalized spacial score (nSPS) is 17.2. The molecule has 1 aliphatic heterocycles. The minimum atomic E-state index is 0.0539. The van der Waals surface area contributed by atoms with Crippen molar-refractivity contribution in [1.29, 1.82) is 0 Å². The van der Waals surface area contributed by atoms with Crippen LogP contribution in [-0.2, 0) is 19.5 Å². The highest BCUT2D eigenvalue weighted by atomic mass is 32.1. The highest BCUT2D eigenvalue weighted by Gasteiger charge is 2.21. The third-order valence-electron chi connectivity index (χ3n) is 3.47. The summed E-state index contributed by atoms with van der Waals surface area (Å²) in [6.45, 7) is 5.12. The molecular weight excluding hydrogens is 254 g/mol. The molecule has 0 aliphatic carbocycles. The summed E-state index contributed by atoms with van der Waals surface area (Å²) < 4.78 is 0. The van der Waals surface area contributed by atoms with Gasteiger partial charge < -0.3 is 5.73 Å². The summed E-state index contributed by atoms with van der Waals surface area (Å²) in [6.07, 6.45) is 1.05. The van der Waals surface area contributed by atoms with E-state index in [0.717, 1.165) is 31.1 Å². The van der Waals surface area contributed by atoms with E-state index in [1.807, 2.05) is 6.92 Å². The van der Waals surface area contributed by atoms with Crippen LogP contribution in [0.1, 0.15) is 34.1 Å². The maximum atomic E-state index is 5.92. The molecule has 2 aromatic rings. The summed E-state index contributed by atoms with van der Waals surface area (Å²) in [7, 11) is 0. The number of benzene rings is 1. The van der Waals surface area contributed by atoms with Crippen molar-refractivity contribution in [3.05, 3.63) is 51.5 Å². The molecule has 1 atom stereocenters. The first-order chi connectivity index (χ1) is 9.22. The molecule has 1 unspecified atom stereocenters. The van der Waals surface area contributed by atoms with Crippen LogP contribution < -0.4 is 5.73 Å². The van der Waals surface area contributed by atoms with Gasteiger partial charge in [-0.3, -0.25) is 4.90 Å². The van der Waals surface area contributed by atoms with E-state index in [1.54, 1.807) is 11.3 Å². The van der Waals surface area contributed by atoms with Crippen LogP contribution in [0.3, 0.4) is 0 Å². The highest BCUT2D eigenvalue weighted by Crippen LogP contribution is 2.28. The molecule has 0 saturated heterocycles. The first-order valence-electron chi connectivity index (χ1n) is 6.72. The highest BCUT2D eigenvalue weighted by molar-refractivity contribution is 7.11. The lowest BCUT2D eigenvalue weighted by atomic mass is 10.1. The van der Waals surface area contributed by atoms with Crippen LogP contribution in [0.5, 0.6) is 0 Å². The molecule has 2 heterocycles. The molecule has 0 saturated carbocycles. The lowest BCUT2D eigenvalue weighted by Crippen LogP contribution is -2.29. The van der Waals surface area contributed by atoms with Crippen LogP contribution in [0, 0.1) is 0 Å². The maximum Gasteiger partial charge on any atom is 0.110 e. The van der Waals surface area contributed by atoms with E-state index in [9.17, 15) is 0 Å². The zero-order valence-electron chi connectivity index (χ0n) is 11.2. The molecule has 3 rings (SSSR count). The van der Waals surface area contributed by atoms with Crippen LogP contribution >= 0.6 is 11.3 Å². The van der Waals surface area contributed by atoms with Crippen LogP contribution in [-0.4, -0.2) is 16.4 Å². The molecule has 1 aromatic heterocycles.